The Morgan fingerprint density at radius 2 is 1.74 bits per heavy atom. The summed E-state index contributed by atoms with van der Waals surface area (Å²) < 4.78 is 11.8. The number of hydrogen-bond donors (Lipinski definition) is 1. The number of methoxy groups -OCH3 is 2. The number of thioether (sulfide) groups is 1. The van der Waals surface area contributed by atoms with E-state index in [-0.39, 0.29) is 27.1 Å². The number of aromatic nitrogens is 3. The van der Waals surface area contributed by atoms with Crippen LogP contribution in [0.1, 0.15) is 69.9 Å². The van der Waals surface area contributed by atoms with E-state index in [0.717, 1.165) is 41.3 Å². The van der Waals surface area contributed by atoms with Crippen molar-refractivity contribution in [1.29, 1.82) is 0 Å². The predicted octanol–water partition coefficient (Wildman–Crippen LogP) is 4.90. The van der Waals surface area contributed by atoms with Crippen molar-refractivity contribution in [2.45, 2.75) is 63.6 Å². The lowest BCUT2D eigenvalue weighted by molar-refractivity contribution is -0.113. The van der Waals surface area contributed by atoms with Gasteiger partial charge in [0.05, 0.1) is 25.5 Å². The van der Waals surface area contributed by atoms with E-state index < -0.39 is 11.9 Å². The molecule has 4 aliphatic rings. The molecule has 0 saturated heterocycles. The molecule has 2 aromatic heterocycles. The Hall–Kier alpha value is -2.66. The van der Waals surface area contributed by atoms with Gasteiger partial charge in [-0.1, -0.05) is 17.8 Å². The number of amides is 1. The summed E-state index contributed by atoms with van der Waals surface area (Å²) in [5.41, 5.74) is 0.902. The van der Waals surface area contributed by atoms with Gasteiger partial charge in [0.15, 0.2) is 5.16 Å². The second-order valence-corrected chi connectivity index (χ2v) is 12.9. The molecule has 1 N–H and O–H groups in total. The molecule has 6 rings (SSSR count). The standard InChI is InChI=1S/C27H34N4O5S2/c1-5-6-31-19(13-27-10-16-7-17(11-27)9-18(8-16)12-27)29-30-26(31)37-14-20(32)28-23-21(24(33)35-3)15(2)22(38-23)25(34)36-4/h5,16-18H,1,6-14H2,2-4H3,(H,28,32). The number of nitrogens with one attached hydrogen (secondary N) is 1. The monoisotopic (exact) mass is 558 g/mol. The van der Waals surface area contributed by atoms with E-state index in [0.29, 0.717) is 22.7 Å². The van der Waals surface area contributed by atoms with Gasteiger partial charge in [-0.15, -0.1) is 28.1 Å². The Morgan fingerprint density at radius 3 is 2.32 bits per heavy atom. The minimum Gasteiger partial charge on any atom is -0.465 e. The molecule has 0 unspecified atom stereocenters. The molecule has 0 aromatic carbocycles. The Bertz CT molecular complexity index is 1230. The number of rotatable bonds is 10. The van der Waals surface area contributed by atoms with Crippen molar-refractivity contribution in [1.82, 2.24) is 14.8 Å². The fourth-order valence-corrected chi connectivity index (χ4v) is 9.14. The Balaban J connectivity index is 1.28. The summed E-state index contributed by atoms with van der Waals surface area (Å²) in [6, 6.07) is 0. The number of allylic oxidation sites excluding steroid dienone is 1. The zero-order valence-corrected chi connectivity index (χ0v) is 23.7. The molecule has 1 amide bonds. The van der Waals surface area contributed by atoms with E-state index in [4.69, 9.17) is 9.47 Å². The van der Waals surface area contributed by atoms with Gasteiger partial charge in [0.2, 0.25) is 5.91 Å². The number of ether oxygens (including phenoxy) is 2. The van der Waals surface area contributed by atoms with Gasteiger partial charge in [-0.3, -0.25) is 4.79 Å². The van der Waals surface area contributed by atoms with Crippen LogP contribution in [0, 0.1) is 30.1 Å². The van der Waals surface area contributed by atoms with Crippen LogP contribution < -0.4 is 5.32 Å². The number of anilines is 1. The summed E-state index contributed by atoms with van der Waals surface area (Å²) in [5, 5.41) is 12.7. The molecule has 4 fully saturated rings. The van der Waals surface area contributed by atoms with Crippen LogP contribution in [0.2, 0.25) is 0 Å². The van der Waals surface area contributed by atoms with E-state index in [1.165, 1.54) is 64.5 Å². The van der Waals surface area contributed by atoms with Gasteiger partial charge in [0, 0.05) is 13.0 Å². The van der Waals surface area contributed by atoms with Gasteiger partial charge in [-0.05, 0) is 74.2 Å². The molecular weight excluding hydrogens is 524 g/mol. The minimum absolute atomic E-state index is 0.0672. The van der Waals surface area contributed by atoms with Crippen LogP contribution in [0.3, 0.4) is 0 Å². The first kappa shape index (κ1) is 26.9. The van der Waals surface area contributed by atoms with E-state index >= 15 is 0 Å². The molecule has 4 bridgehead atoms. The molecule has 0 atom stereocenters. The summed E-state index contributed by atoms with van der Waals surface area (Å²) in [7, 11) is 2.53. The third-order valence-corrected chi connectivity index (χ3v) is 10.4. The zero-order valence-electron chi connectivity index (χ0n) is 22.1. The van der Waals surface area contributed by atoms with Crippen molar-refractivity contribution in [3.05, 3.63) is 34.5 Å². The molecule has 38 heavy (non-hydrogen) atoms. The second kappa shape index (κ2) is 10.8. The normalized spacial score (nSPS) is 25.3. The van der Waals surface area contributed by atoms with Gasteiger partial charge in [-0.25, -0.2) is 9.59 Å². The van der Waals surface area contributed by atoms with Crippen LogP contribution in [0.15, 0.2) is 17.8 Å². The highest BCUT2D eigenvalue weighted by Gasteiger charge is 2.51. The van der Waals surface area contributed by atoms with Crippen LogP contribution in [-0.2, 0) is 27.2 Å². The first-order valence-electron chi connectivity index (χ1n) is 13.0. The van der Waals surface area contributed by atoms with Crippen LogP contribution in [0.5, 0.6) is 0 Å². The van der Waals surface area contributed by atoms with E-state index in [1.807, 2.05) is 6.08 Å². The second-order valence-electron chi connectivity index (χ2n) is 11.0. The minimum atomic E-state index is -0.628. The van der Waals surface area contributed by atoms with E-state index in [2.05, 4.69) is 26.7 Å². The van der Waals surface area contributed by atoms with Crippen molar-refractivity contribution in [3.8, 4) is 0 Å². The zero-order chi connectivity index (χ0) is 27.0. The lowest BCUT2D eigenvalue weighted by Gasteiger charge is -2.56. The van der Waals surface area contributed by atoms with Gasteiger partial charge >= 0.3 is 11.9 Å². The SMILES string of the molecule is C=CCn1c(CC23CC4CC(CC(C4)C2)C3)nnc1SCC(=O)Nc1sc(C(=O)OC)c(C)c1C(=O)OC. The third kappa shape index (κ3) is 5.14. The number of carbonyl (C=O) groups is 3. The summed E-state index contributed by atoms with van der Waals surface area (Å²) >= 11 is 2.29. The van der Waals surface area contributed by atoms with Crippen molar-refractivity contribution in [2.75, 3.05) is 25.3 Å². The average molecular weight is 559 g/mol. The summed E-state index contributed by atoms with van der Waals surface area (Å²) in [6.07, 6.45) is 10.8. The summed E-state index contributed by atoms with van der Waals surface area (Å²) in [4.78, 5) is 37.7. The van der Waals surface area contributed by atoms with Crippen molar-refractivity contribution < 1.29 is 23.9 Å². The molecule has 11 heteroatoms. The molecule has 0 aliphatic heterocycles. The van der Waals surface area contributed by atoms with Crippen LogP contribution >= 0.6 is 23.1 Å². The first-order valence-corrected chi connectivity index (χ1v) is 14.8. The number of esters is 2. The van der Waals surface area contributed by atoms with Crippen LogP contribution in [-0.4, -0.2) is 52.6 Å². The Labute approximate surface area is 230 Å². The lowest BCUT2D eigenvalue weighted by atomic mass is 9.49. The van der Waals surface area contributed by atoms with Crippen molar-refractivity contribution >= 4 is 45.9 Å². The molecular formula is C27H34N4O5S2. The molecule has 9 nitrogen and oxygen atoms in total. The summed E-state index contributed by atoms with van der Waals surface area (Å²) in [6.45, 7) is 6.13. The number of carbonyl (C=O) groups excluding carboxylic acids is 3. The van der Waals surface area contributed by atoms with Gasteiger partial charge < -0.3 is 19.4 Å². The third-order valence-electron chi connectivity index (χ3n) is 8.30. The average Bonchev–Trinajstić information content (AvgIpc) is 3.40. The fraction of sp³-hybridized carbons (Fsp3) is 0.593. The van der Waals surface area contributed by atoms with Gasteiger partial charge in [0.1, 0.15) is 15.7 Å². The molecule has 0 radical (unpaired) electrons. The first-order chi connectivity index (χ1) is 18.3. The fourth-order valence-electron chi connectivity index (χ4n) is 7.24. The maximum atomic E-state index is 12.9. The van der Waals surface area contributed by atoms with E-state index in [9.17, 15) is 14.4 Å². The smallest absolute Gasteiger partial charge is 0.348 e. The summed E-state index contributed by atoms with van der Waals surface area (Å²) in [5.74, 6) is 2.11. The quantitative estimate of drug-likeness (QED) is 0.249. The van der Waals surface area contributed by atoms with Crippen molar-refractivity contribution in [3.63, 3.8) is 0 Å². The molecule has 0 spiro atoms. The molecule has 2 aromatic rings. The van der Waals surface area contributed by atoms with Crippen LogP contribution in [0.4, 0.5) is 5.00 Å². The Morgan fingerprint density at radius 1 is 1.11 bits per heavy atom. The molecule has 204 valence electrons. The maximum absolute atomic E-state index is 12.9. The number of hydrogen-bond acceptors (Lipinski definition) is 9. The maximum Gasteiger partial charge on any atom is 0.348 e. The number of thiophene rings is 1. The molecule has 4 aliphatic carbocycles. The van der Waals surface area contributed by atoms with E-state index in [1.54, 1.807) is 6.92 Å². The lowest BCUT2D eigenvalue weighted by Crippen LogP contribution is -2.47. The Kier molecular flexibility index (Phi) is 7.68. The molecule has 2 heterocycles. The highest BCUT2D eigenvalue weighted by molar-refractivity contribution is 7.99. The van der Waals surface area contributed by atoms with Gasteiger partial charge in [-0.2, -0.15) is 0 Å². The van der Waals surface area contributed by atoms with Gasteiger partial charge in [0.25, 0.3) is 0 Å². The number of nitrogens with zero attached hydrogens (tertiary/aromatic N) is 3. The van der Waals surface area contributed by atoms with Crippen molar-refractivity contribution in [2.24, 2.45) is 23.2 Å². The highest BCUT2D eigenvalue weighted by Crippen LogP contribution is 2.61. The topological polar surface area (TPSA) is 112 Å². The molecule has 4 saturated carbocycles. The predicted molar refractivity (Wildman–Crippen MR) is 146 cm³/mol. The highest BCUT2D eigenvalue weighted by atomic mass is 32.2. The van der Waals surface area contributed by atoms with Crippen LogP contribution in [0.25, 0.3) is 0 Å². The largest absolute Gasteiger partial charge is 0.465 e.